The van der Waals surface area contributed by atoms with Crippen LogP contribution >= 0.6 is 0 Å². The smallest absolute Gasteiger partial charge is 0.420 e. The Hall–Kier alpha value is -4.40. The minimum atomic E-state index is -0.772. The van der Waals surface area contributed by atoms with Gasteiger partial charge in [0, 0.05) is 13.1 Å². The molecule has 0 saturated carbocycles. The summed E-state index contributed by atoms with van der Waals surface area (Å²) in [5.74, 6) is -0.0719. The van der Waals surface area contributed by atoms with Crippen molar-refractivity contribution in [1.82, 2.24) is 4.57 Å². The largest absolute Gasteiger partial charge is 0.455 e. The maximum Gasteiger partial charge on any atom is 0.420 e. The molecule has 1 aromatic heterocycles. The second-order valence-electron chi connectivity index (χ2n) is 6.70. The Morgan fingerprint density at radius 1 is 1.10 bits per heavy atom. The molecule has 0 spiro atoms. The molecule has 0 aliphatic rings. The molecule has 0 bridgehead atoms. The van der Waals surface area contributed by atoms with Gasteiger partial charge in [-0.15, -0.1) is 0 Å². The molecular weight excluding hydrogens is 402 g/mol. The summed E-state index contributed by atoms with van der Waals surface area (Å²) in [4.78, 5) is 36.9. The number of benzene rings is 3. The van der Waals surface area contributed by atoms with Crippen LogP contribution in [-0.4, -0.2) is 22.4 Å². The van der Waals surface area contributed by atoms with Crippen molar-refractivity contribution in [3.05, 3.63) is 93.5 Å². The quantitative estimate of drug-likeness (QED) is 0.346. The first kappa shape index (κ1) is 19.9. The normalized spacial score (nSPS) is 10.7. The van der Waals surface area contributed by atoms with Crippen LogP contribution in [0.3, 0.4) is 0 Å². The number of para-hydroxylation sites is 3. The molecule has 4 aromatic rings. The molecule has 0 atom stereocenters. The fourth-order valence-electron chi connectivity index (χ4n) is 3.13. The van der Waals surface area contributed by atoms with E-state index < -0.39 is 16.6 Å². The van der Waals surface area contributed by atoms with Crippen LogP contribution in [0.4, 0.5) is 11.4 Å². The second kappa shape index (κ2) is 8.15. The number of fused-ring (bicyclic) bond motifs is 1. The van der Waals surface area contributed by atoms with Crippen LogP contribution in [0.25, 0.3) is 11.1 Å². The summed E-state index contributed by atoms with van der Waals surface area (Å²) in [7, 11) is 1.58. The molecule has 3 aromatic carbocycles. The van der Waals surface area contributed by atoms with Gasteiger partial charge in [-0.3, -0.25) is 19.5 Å². The van der Waals surface area contributed by atoms with E-state index in [2.05, 4.69) is 0 Å². The minimum absolute atomic E-state index is 0.0439. The van der Waals surface area contributed by atoms with E-state index in [0.29, 0.717) is 22.7 Å². The van der Waals surface area contributed by atoms with E-state index in [1.165, 1.54) is 17.0 Å². The number of aromatic nitrogens is 1. The predicted octanol–water partition coefficient (Wildman–Crippen LogP) is 3.96. The zero-order valence-corrected chi connectivity index (χ0v) is 16.4. The van der Waals surface area contributed by atoms with Crippen molar-refractivity contribution < 1.29 is 18.9 Å². The molecule has 9 nitrogen and oxygen atoms in total. The molecule has 31 heavy (non-hydrogen) atoms. The van der Waals surface area contributed by atoms with Gasteiger partial charge in [0.2, 0.25) is 5.91 Å². The van der Waals surface area contributed by atoms with Crippen molar-refractivity contribution in [3.63, 3.8) is 0 Å². The number of oxazole rings is 1. The number of nitrogens with zero attached hydrogens (tertiary/aromatic N) is 3. The fraction of sp³-hybridized carbons (Fsp3) is 0.0909. The van der Waals surface area contributed by atoms with Gasteiger partial charge < -0.3 is 14.1 Å². The van der Waals surface area contributed by atoms with E-state index in [0.717, 1.165) is 10.6 Å². The van der Waals surface area contributed by atoms with E-state index in [1.807, 2.05) is 18.2 Å². The number of anilines is 1. The number of amides is 1. The second-order valence-corrected chi connectivity index (χ2v) is 6.70. The van der Waals surface area contributed by atoms with Crippen molar-refractivity contribution in [1.29, 1.82) is 0 Å². The van der Waals surface area contributed by atoms with E-state index in [4.69, 9.17) is 9.15 Å². The van der Waals surface area contributed by atoms with Crippen molar-refractivity contribution >= 4 is 28.4 Å². The summed E-state index contributed by atoms with van der Waals surface area (Å²) in [6.45, 7) is -0.306. The van der Waals surface area contributed by atoms with Crippen LogP contribution in [0.2, 0.25) is 0 Å². The van der Waals surface area contributed by atoms with E-state index in [-0.39, 0.29) is 17.8 Å². The lowest BCUT2D eigenvalue weighted by molar-refractivity contribution is -0.384. The molecule has 0 N–H and O–H groups in total. The maximum absolute atomic E-state index is 12.9. The van der Waals surface area contributed by atoms with Gasteiger partial charge in [0.15, 0.2) is 11.3 Å². The molecule has 1 heterocycles. The summed E-state index contributed by atoms with van der Waals surface area (Å²) in [6.07, 6.45) is 0. The Kier molecular flexibility index (Phi) is 5.23. The highest BCUT2D eigenvalue weighted by molar-refractivity contribution is 5.95. The highest BCUT2D eigenvalue weighted by Gasteiger charge is 2.20. The van der Waals surface area contributed by atoms with Gasteiger partial charge in [-0.2, -0.15) is 0 Å². The number of hydrogen-bond acceptors (Lipinski definition) is 6. The summed E-state index contributed by atoms with van der Waals surface area (Å²) in [6, 6.07) is 20.0. The molecular formula is C22H17N3O6. The van der Waals surface area contributed by atoms with Gasteiger partial charge in [-0.1, -0.05) is 30.3 Å². The molecule has 0 radical (unpaired) electrons. The Morgan fingerprint density at radius 2 is 1.81 bits per heavy atom. The van der Waals surface area contributed by atoms with Crippen molar-refractivity contribution in [2.24, 2.45) is 0 Å². The van der Waals surface area contributed by atoms with Gasteiger partial charge in [0.25, 0.3) is 5.69 Å². The monoisotopic (exact) mass is 419 g/mol. The molecule has 0 aliphatic carbocycles. The molecule has 156 valence electrons. The molecule has 1 amide bonds. The number of hydrogen-bond donors (Lipinski definition) is 0. The number of non-ortho nitro benzene ring substituents is 1. The summed E-state index contributed by atoms with van der Waals surface area (Å²) >= 11 is 0. The first-order valence-corrected chi connectivity index (χ1v) is 9.30. The van der Waals surface area contributed by atoms with Crippen LogP contribution in [0.15, 0.2) is 82.0 Å². The number of likely N-dealkylation sites (N-methyl/N-ethyl adjacent to an activating group) is 1. The third-order valence-electron chi connectivity index (χ3n) is 4.73. The Balaban J connectivity index is 1.61. The lowest BCUT2D eigenvalue weighted by Crippen LogP contribution is -2.32. The molecule has 9 heteroatoms. The SMILES string of the molecule is CN(C(=O)Cn1c(=O)oc2cc([N+](=O)[O-])ccc21)c1ccccc1Oc1ccccc1. The van der Waals surface area contributed by atoms with E-state index in [1.54, 1.807) is 43.4 Å². The number of nitro groups is 1. The van der Waals surface area contributed by atoms with Gasteiger partial charge in [-0.25, -0.2) is 4.79 Å². The molecule has 0 unspecified atom stereocenters. The highest BCUT2D eigenvalue weighted by Crippen LogP contribution is 2.31. The number of carbonyl (C=O) groups is 1. The lowest BCUT2D eigenvalue weighted by Gasteiger charge is -2.20. The summed E-state index contributed by atoms with van der Waals surface area (Å²) in [5, 5.41) is 10.9. The summed E-state index contributed by atoms with van der Waals surface area (Å²) < 4.78 is 12.1. The minimum Gasteiger partial charge on any atom is -0.455 e. The number of ether oxygens (including phenoxy) is 1. The first-order chi connectivity index (χ1) is 14.9. The third kappa shape index (κ3) is 4.01. The molecule has 0 saturated heterocycles. The highest BCUT2D eigenvalue weighted by atomic mass is 16.6. The predicted molar refractivity (Wildman–Crippen MR) is 113 cm³/mol. The number of nitro benzene ring substituents is 1. The standard InChI is InChI=1S/C22H17N3O6/c1-23(17-9-5-6-10-19(17)30-16-7-3-2-4-8-16)21(26)14-24-18-12-11-15(25(28)29)13-20(18)31-22(24)27/h2-13H,14H2,1H3. The Labute approximate surface area is 175 Å². The van der Waals surface area contributed by atoms with Crippen LogP contribution < -0.4 is 15.4 Å². The van der Waals surface area contributed by atoms with Crippen molar-refractivity contribution in [2.75, 3.05) is 11.9 Å². The fourth-order valence-corrected chi connectivity index (χ4v) is 3.13. The zero-order valence-electron chi connectivity index (χ0n) is 16.4. The number of carbonyl (C=O) groups excluding carboxylic acids is 1. The van der Waals surface area contributed by atoms with Crippen molar-refractivity contribution in [3.8, 4) is 11.5 Å². The zero-order chi connectivity index (χ0) is 22.0. The first-order valence-electron chi connectivity index (χ1n) is 9.30. The van der Waals surface area contributed by atoms with Gasteiger partial charge in [0.05, 0.1) is 22.2 Å². The molecule has 0 fully saturated rings. The summed E-state index contributed by atoms with van der Waals surface area (Å²) in [5.41, 5.74) is 0.658. The Bertz CT molecular complexity index is 1330. The number of rotatable bonds is 6. The molecule has 0 aliphatic heterocycles. The third-order valence-corrected chi connectivity index (χ3v) is 4.73. The average Bonchev–Trinajstić information content (AvgIpc) is 3.08. The van der Waals surface area contributed by atoms with Gasteiger partial charge in [-0.05, 0) is 30.3 Å². The van der Waals surface area contributed by atoms with E-state index >= 15 is 0 Å². The topological polar surface area (TPSA) is 108 Å². The Morgan fingerprint density at radius 3 is 2.55 bits per heavy atom. The lowest BCUT2D eigenvalue weighted by atomic mass is 10.2. The van der Waals surface area contributed by atoms with Crippen LogP contribution in [0.1, 0.15) is 0 Å². The molecule has 4 rings (SSSR count). The van der Waals surface area contributed by atoms with E-state index in [9.17, 15) is 19.7 Å². The van der Waals surface area contributed by atoms with Crippen LogP contribution in [-0.2, 0) is 11.3 Å². The van der Waals surface area contributed by atoms with Crippen molar-refractivity contribution in [2.45, 2.75) is 6.54 Å². The van der Waals surface area contributed by atoms with Crippen LogP contribution in [0.5, 0.6) is 11.5 Å². The van der Waals surface area contributed by atoms with Gasteiger partial charge in [0.1, 0.15) is 12.3 Å². The average molecular weight is 419 g/mol. The maximum atomic E-state index is 12.9. The van der Waals surface area contributed by atoms with Gasteiger partial charge >= 0.3 is 5.76 Å². The van der Waals surface area contributed by atoms with Crippen LogP contribution in [0, 0.1) is 10.1 Å².